The number of anilines is 1. The zero-order valence-corrected chi connectivity index (χ0v) is 16.4. The van der Waals surface area contributed by atoms with E-state index in [2.05, 4.69) is 5.32 Å². The van der Waals surface area contributed by atoms with E-state index >= 15 is 0 Å². The number of esters is 1. The summed E-state index contributed by atoms with van der Waals surface area (Å²) >= 11 is 0. The molecule has 0 heterocycles. The molecule has 0 aliphatic rings. The molecule has 8 nitrogen and oxygen atoms in total. The molecule has 2 aromatic rings. The van der Waals surface area contributed by atoms with E-state index < -0.39 is 28.5 Å². The fourth-order valence-corrected chi connectivity index (χ4v) is 3.24. The van der Waals surface area contributed by atoms with Crippen molar-refractivity contribution in [3.05, 3.63) is 59.7 Å². The maximum absolute atomic E-state index is 12.2. The van der Waals surface area contributed by atoms with Crippen LogP contribution in [0.4, 0.5) is 5.69 Å². The third-order valence-electron chi connectivity index (χ3n) is 3.76. The number of benzene rings is 2. The fourth-order valence-electron chi connectivity index (χ4n) is 2.29. The summed E-state index contributed by atoms with van der Waals surface area (Å²) < 4.78 is 30.3. The van der Waals surface area contributed by atoms with Crippen molar-refractivity contribution in [3.63, 3.8) is 0 Å². The van der Waals surface area contributed by atoms with Gasteiger partial charge in [-0.2, -0.15) is 0 Å². The number of hydrogen-bond donors (Lipinski definition) is 1. The number of amides is 1. The van der Waals surface area contributed by atoms with Crippen molar-refractivity contribution in [1.82, 2.24) is 4.31 Å². The Bertz CT molecular complexity index is 1010. The van der Waals surface area contributed by atoms with Crippen molar-refractivity contribution in [3.8, 4) is 0 Å². The maximum atomic E-state index is 12.2. The van der Waals surface area contributed by atoms with E-state index in [1.54, 1.807) is 24.3 Å². The third kappa shape index (κ3) is 5.02. The third-order valence-corrected chi connectivity index (χ3v) is 5.57. The zero-order valence-electron chi connectivity index (χ0n) is 15.6. The van der Waals surface area contributed by atoms with E-state index in [1.807, 2.05) is 0 Å². The summed E-state index contributed by atoms with van der Waals surface area (Å²) in [6, 6.07) is 11.8. The summed E-state index contributed by atoms with van der Waals surface area (Å²) in [5.41, 5.74) is 0.652. The summed E-state index contributed by atoms with van der Waals surface area (Å²) in [5.74, 6) is -1.68. The van der Waals surface area contributed by atoms with Crippen LogP contribution in [0, 0.1) is 0 Å². The zero-order chi connectivity index (χ0) is 20.9. The molecule has 0 radical (unpaired) electrons. The van der Waals surface area contributed by atoms with Crippen LogP contribution < -0.4 is 5.32 Å². The van der Waals surface area contributed by atoms with E-state index in [1.165, 1.54) is 45.3 Å². The highest BCUT2D eigenvalue weighted by Gasteiger charge is 2.19. The van der Waals surface area contributed by atoms with Gasteiger partial charge in [0.2, 0.25) is 10.0 Å². The van der Waals surface area contributed by atoms with Crippen molar-refractivity contribution in [2.75, 3.05) is 26.0 Å². The first-order valence-corrected chi connectivity index (χ1v) is 9.66. The molecule has 1 amide bonds. The minimum atomic E-state index is -3.70. The molecule has 2 aromatic carbocycles. The van der Waals surface area contributed by atoms with E-state index in [0.29, 0.717) is 11.3 Å². The van der Waals surface area contributed by atoms with Crippen molar-refractivity contribution >= 4 is 33.4 Å². The number of rotatable bonds is 7. The first kappa shape index (κ1) is 21.3. The SMILES string of the molecule is CC(=O)c1ccccc1NC(=O)COC(=O)c1cccc(S(=O)(=O)N(C)C)c1. The number of para-hydroxylation sites is 1. The number of carbonyl (C=O) groups is 3. The molecule has 0 saturated carbocycles. The first-order chi connectivity index (χ1) is 13.1. The Morgan fingerprint density at radius 3 is 2.36 bits per heavy atom. The molecule has 0 bridgehead atoms. The second-order valence-corrected chi connectivity index (χ2v) is 8.19. The molecule has 0 unspecified atom stereocenters. The fraction of sp³-hybridized carbons (Fsp3) is 0.211. The van der Waals surface area contributed by atoms with E-state index in [-0.39, 0.29) is 16.2 Å². The van der Waals surface area contributed by atoms with E-state index in [4.69, 9.17) is 4.74 Å². The van der Waals surface area contributed by atoms with Crippen molar-refractivity contribution in [1.29, 1.82) is 0 Å². The summed E-state index contributed by atoms with van der Waals surface area (Å²) in [7, 11) is -0.946. The Morgan fingerprint density at radius 2 is 1.71 bits per heavy atom. The lowest BCUT2D eigenvalue weighted by Crippen LogP contribution is -2.23. The van der Waals surface area contributed by atoms with Gasteiger partial charge in [0.15, 0.2) is 12.4 Å². The number of nitrogens with zero attached hydrogens (tertiary/aromatic N) is 1. The summed E-state index contributed by atoms with van der Waals surface area (Å²) in [4.78, 5) is 35.7. The van der Waals surface area contributed by atoms with Gasteiger partial charge in [-0.05, 0) is 37.3 Å². The van der Waals surface area contributed by atoms with Crippen molar-refractivity contribution < 1.29 is 27.5 Å². The lowest BCUT2D eigenvalue weighted by molar-refractivity contribution is -0.119. The Labute approximate surface area is 163 Å². The molecule has 0 aliphatic carbocycles. The van der Waals surface area contributed by atoms with Gasteiger partial charge in [-0.1, -0.05) is 18.2 Å². The van der Waals surface area contributed by atoms with Gasteiger partial charge in [0.05, 0.1) is 16.1 Å². The highest BCUT2D eigenvalue weighted by molar-refractivity contribution is 7.89. The van der Waals surface area contributed by atoms with Gasteiger partial charge >= 0.3 is 5.97 Å². The second kappa shape index (κ2) is 8.77. The smallest absolute Gasteiger partial charge is 0.338 e. The minimum Gasteiger partial charge on any atom is -0.452 e. The van der Waals surface area contributed by atoms with Crippen molar-refractivity contribution in [2.45, 2.75) is 11.8 Å². The number of nitrogens with one attached hydrogen (secondary N) is 1. The van der Waals surface area contributed by atoms with Crippen LogP contribution in [0.2, 0.25) is 0 Å². The van der Waals surface area contributed by atoms with Gasteiger partial charge in [-0.15, -0.1) is 0 Å². The predicted octanol–water partition coefficient (Wildman–Crippen LogP) is 1.94. The largest absolute Gasteiger partial charge is 0.452 e. The van der Waals surface area contributed by atoms with Gasteiger partial charge in [0.1, 0.15) is 0 Å². The normalized spacial score (nSPS) is 11.1. The molecule has 0 fully saturated rings. The van der Waals surface area contributed by atoms with Gasteiger partial charge in [-0.25, -0.2) is 17.5 Å². The molecule has 28 heavy (non-hydrogen) atoms. The number of ketones is 1. The minimum absolute atomic E-state index is 0.000129. The van der Waals surface area contributed by atoms with Gasteiger partial charge in [0, 0.05) is 19.7 Å². The highest BCUT2D eigenvalue weighted by Crippen LogP contribution is 2.17. The number of sulfonamides is 1. The molecule has 2 rings (SSSR count). The van der Waals surface area contributed by atoms with E-state index in [0.717, 1.165) is 4.31 Å². The molecule has 0 saturated heterocycles. The summed E-state index contributed by atoms with van der Waals surface area (Å²) in [5, 5.41) is 2.51. The monoisotopic (exact) mass is 404 g/mol. The molecule has 9 heteroatoms. The Balaban J connectivity index is 2.05. The quantitative estimate of drug-likeness (QED) is 0.558. The molecule has 0 aliphatic heterocycles. The molecule has 0 spiro atoms. The molecule has 148 valence electrons. The van der Waals surface area contributed by atoms with Gasteiger partial charge in [0.25, 0.3) is 5.91 Å². The Kier molecular flexibility index (Phi) is 6.66. The lowest BCUT2D eigenvalue weighted by Gasteiger charge is -2.12. The van der Waals surface area contributed by atoms with Crippen LogP contribution in [0.5, 0.6) is 0 Å². The Hall–Kier alpha value is -3.04. The van der Waals surface area contributed by atoms with Crippen LogP contribution in [-0.4, -0.2) is 51.1 Å². The average Bonchev–Trinajstić information content (AvgIpc) is 2.66. The van der Waals surface area contributed by atoms with Crippen LogP contribution in [0.15, 0.2) is 53.4 Å². The molecule has 1 N–H and O–H groups in total. The molecule has 0 atom stereocenters. The van der Waals surface area contributed by atoms with Crippen LogP contribution in [0.25, 0.3) is 0 Å². The van der Waals surface area contributed by atoms with Crippen LogP contribution in [0.1, 0.15) is 27.6 Å². The number of hydrogen-bond acceptors (Lipinski definition) is 6. The first-order valence-electron chi connectivity index (χ1n) is 8.22. The Morgan fingerprint density at radius 1 is 1.04 bits per heavy atom. The molecule has 0 aromatic heterocycles. The average molecular weight is 404 g/mol. The molecular formula is C19H20N2O6S. The van der Waals surface area contributed by atoms with Gasteiger partial charge in [-0.3, -0.25) is 9.59 Å². The van der Waals surface area contributed by atoms with Gasteiger partial charge < -0.3 is 10.1 Å². The summed E-state index contributed by atoms with van der Waals surface area (Å²) in [6.07, 6.45) is 0. The molecular weight excluding hydrogens is 384 g/mol. The summed E-state index contributed by atoms with van der Waals surface area (Å²) in [6.45, 7) is 0.787. The maximum Gasteiger partial charge on any atom is 0.338 e. The van der Waals surface area contributed by atoms with Crippen molar-refractivity contribution in [2.24, 2.45) is 0 Å². The number of carbonyl (C=O) groups excluding carboxylic acids is 3. The topological polar surface area (TPSA) is 110 Å². The highest BCUT2D eigenvalue weighted by atomic mass is 32.2. The number of Topliss-reactive ketones (excluding diaryl/α,β-unsaturated/α-hetero) is 1. The second-order valence-electron chi connectivity index (χ2n) is 6.04. The standard InChI is InChI=1S/C19H20N2O6S/c1-13(22)16-9-4-5-10-17(16)20-18(23)12-27-19(24)14-7-6-8-15(11-14)28(25,26)21(2)3/h4-11H,12H2,1-3H3,(H,20,23). The number of ether oxygens (including phenoxy) is 1. The van der Waals surface area contributed by atoms with E-state index in [9.17, 15) is 22.8 Å². The predicted molar refractivity (Wildman–Crippen MR) is 103 cm³/mol. The van der Waals surface area contributed by atoms with Crippen LogP contribution in [0.3, 0.4) is 0 Å². The van der Waals surface area contributed by atoms with Crippen LogP contribution in [-0.2, 0) is 19.6 Å². The lowest BCUT2D eigenvalue weighted by atomic mass is 10.1. The van der Waals surface area contributed by atoms with Crippen LogP contribution >= 0.6 is 0 Å².